The molecule has 13 nitrogen and oxygen atoms in total. The van der Waals surface area contributed by atoms with Gasteiger partial charge in [0.05, 0.1) is 48.7 Å². The molecule has 13 heteroatoms. The molecule has 1 aliphatic heterocycles. The Bertz CT molecular complexity index is 1790. The smallest absolute Gasteiger partial charge is 0.303 e. The van der Waals surface area contributed by atoms with Gasteiger partial charge >= 0.3 is 5.97 Å². The summed E-state index contributed by atoms with van der Waals surface area (Å²) in [5.74, 6) is -2.49. The SMILES string of the molecule is CC[C@H](C)[C@@H]([C@@H](CC(=O)N1CCC[C@H]1[C@H](OC)[C@@H](C)C(=O)N[C@H](C=Cc1ccccc1)Cc1ccccc1)OC)N(C)C(=O)[C@@H](NC(=O)[C@H](C(C)C)N(C)CCCCCC(=O)O)C(C)C. The van der Waals surface area contributed by atoms with Gasteiger partial charge in [-0.3, -0.25) is 28.9 Å². The molecule has 1 aliphatic rings. The lowest BCUT2D eigenvalue weighted by atomic mass is 9.89. The van der Waals surface area contributed by atoms with Crippen LogP contribution in [0.5, 0.6) is 0 Å². The number of likely N-dealkylation sites (N-methyl/N-ethyl adjacent to an activating group) is 2. The van der Waals surface area contributed by atoms with Crippen LogP contribution in [0.25, 0.3) is 6.08 Å². The van der Waals surface area contributed by atoms with Crippen LogP contribution in [-0.4, -0.2) is 133 Å². The van der Waals surface area contributed by atoms with Gasteiger partial charge in [-0.25, -0.2) is 0 Å². The maximum Gasteiger partial charge on any atom is 0.303 e. The van der Waals surface area contributed by atoms with E-state index in [0.29, 0.717) is 32.4 Å². The van der Waals surface area contributed by atoms with Crippen molar-refractivity contribution in [2.24, 2.45) is 23.7 Å². The highest BCUT2D eigenvalue weighted by atomic mass is 16.5. The number of rotatable bonds is 28. The number of hydrogen-bond donors (Lipinski definition) is 3. The van der Waals surface area contributed by atoms with Gasteiger partial charge in [0.15, 0.2) is 0 Å². The minimum Gasteiger partial charge on any atom is -0.481 e. The third-order valence-electron chi connectivity index (χ3n) is 13.2. The highest BCUT2D eigenvalue weighted by Gasteiger charge is 2.43. The van der Waals surface area contributed by atoms with E-state index in [1.165, 1.54) is 0 Å². The summed E-state index contributed by atoms with van der Waals surface area (Å²) in [6, 6.07) is 17.6. The number of benzene rings is 2. The van der Waals surface area contributed by atoms with Gasteiger partial charge in [-0.1, -0.05) is 134 Å². The van der Waals surface area contributed by atoms with Crippen molar-refractivity contribution in [1.29, 1.82) is 0 Å². The van der Waals surface area contributed by atoms with Crippen LogP contribution in [0, 0.1) is 23.7 Å². The molecule has 0 aliphatic carbocycles. The Kier molecular flexibility index (Phi) is 23.4. The molecule has 2 aromatic rings. The number of methoxy groups -OCH3 is 2. The number of unbranched alkanes of at least 4 members (excludes halogenated alkanes) is 2. The number of carboxylic acids is 1. The lowest BCUT2D eigenvalue weighted by Gasteiger charge is -2.41. The molecule has 1 saturated heterocycles. The Balaban J connectivity index is 1.77. The number of carbonyl (C=O) groups is 5. The van der Waals surface area contributed by atoms with Gasteiger partial charge in [0.1, 0.15) is 6.04 Å². The van der Waals surface area contributed by atoms with Crippen LogP contribution >= 0.6 is 0 Å². The third-order valence-corrected chi connectivity index (χ3v) is 13.2. The first-order valence-electron chi connectivity index (χ1n) is 23.9. The fourth-order valence-electron chi connectivity index (χ4n) is 9.38. The number of aliphatic carboxylic acids is 1. The highest BCUT2D eigenvalue weighted by Crippen LogP contribution is 2.30. The van der Waals surface area contributed by atoms with Crippen LogP contribution in [0.1, 0.15) is 111 Å². The van der Waals surface area contributed by atoms with Gasteiger partial charge in [0, 0.05) is 34.2 Å². The number of nitrogens with one attached hydrogen (secondary N) is 2. The Hall–Kier alpha value is -4.59. The molecule has 3 N–H and O–H groups in total. The molecule has 1 fully saturated rings. The zero-order valence-electron chi connectivity index (χ0n) is 41.2. The molecule has 4 amide bonds. The average Bonchev–Trinajstić information content (AvgIpc) is 3.77. The second-order valence-electron chi connectivity index (χ2n) is 18.8. The molecule has 3 rings (SSSR count). The van der Waals surface area contributed by atoms with Crippen molar-refractivity contribution < 1.29 is 38.6 Å². The topological polar surface area (TPSA) is 158 Å². The van der Waals surface area contributed by atoms with E-state index in [0.717, 1.165) is 36.8 Å². The summed E-state index contributed by atoms with van der Waals surface area (Å²) in [6.07, 6.45) is 7.83. The van der Waals surface area contributed by atoms with Crippen molar-refractivity contribution in [3.05, 3.63) is 77.9 Å². The predicted molar refractivity (Wildman–Crippen MR) is 258 cm³/mol. The monoisotopic (exact) mass is 904 g/mol. The van der Waals surface area contributed by atoms with E-state index in [1.807, 2.05) is 138 Å². The number of amides is 4. The van der Waals surface area contributed by atoms with Gasteiger partial charge < -0.3 is 35.0 Å². The van der Waals surface area contributed by atoms with Crippen LogP contribution in [0.4, 0.5) is 0 Å². The third kappa shape index (κ3) is 16.7. The standard InChI is InChI=1S/C52H81N5O8/c1-12-37(6)48(56(9)52(63)46(35(2)3)54-51(62)47(36(4)5)55(8)31-21-15-20-28-45(59)60)43(64-10)34-44(58)57-32-22-27-42(57)49(65-11)38(7)50(61)53-41(33-40-25-18-14-19-26-40)30-29-39-23-16-13-17-24-39/h13-14,16-19,23-26,29-30,35-38,41-43,46-49H,12,15,20-22,27-28,31-34H2,1-11H3,(H,53,61)(H,54,62)(H,59,60)/t37-,38+,41+,42-,43+,46-,47-,48-,49+/m0/s1. The summed E-state index contributed by atoms with van der Waals surface area (Å²) in [5, 5.41) is 15.4. The van der Waals surface area contributed by atoms with Gasteiger partial charge in [-0.05, 0) is 74.6 Å². The highest BCUT2D eigenvalue weighted by molar-refractivity contribution is 5.90. The van der Waals surface area contributed by atoms with Crippen molar-refractivity contribution in [3.63, 3.8) is 0 Å². The summed E-state index contributed by atoms with van der Waals surface area (Å²) < 4.78 is 12.2. The molecule has 2 aromatic carbocycles. The Morgan fingerprint density at radius 3 is 2.06 bits per heavy atom. The van der Waals surface area contributed by atoms with Crippen molar-refractivity contribution in [1.82, 2.24) is 25.3 Å². The molecule has 0 aromatic heterocycles. The summed E-state index contributed by atoms with van der Waals surface area (Å²) in [4.78, 5) is 73.5. The number of carbonyl (C=O) groups excluding carboxylic acids is 4. The first kappa shape index (κ1) is 54.7. The summed E-state index contributed by atoms with van der Waals surface area (Å²) in [5.41, 5.74) is 2.13. The zero-order valence-corrected chi connectivity index (χ0v) is 41.2. The number of likely N-dealkylation sites (tertiary alicyclic amines) is 1. The molecule has 9 atom stereocenters. The Labute approximate surface area is 390 Å². The van der Waals surface area contributed by atoms with Crippen molar-refractivity contribution >= 4 is 35.7 Å². The molecule has 0 spiro atoms. The molecule has 0 saturated carbocycles. The second-order valence-corrected chi connectivity index (χ2v) is 18.8. The van der Waals surface area contributed by atoms with Gasteiger partial charge in [0.25, 0.3) is 0 Å². The fraction of sp³-hybridized carbons (Fsp3) is 0.635. The van der Waals surface area contributed by atoms with E-state index in [-0.39, 0.29) is 66.3 Å². The van der Waals surface area contributed by atoms with Gasteiger partial charge in [-0.2, -0.15) is 0 Å². The van der Waals surface area contributed by atoms with E-state index in [1.54, 1.807) is 26.2 Å². The normalized spacial score (nSPS) is 17.9. The lowest BCUT2D eigenvalue weighted by molar-refractivity contribution is -0.148. The minimum absolute atomic E-state index is 0.0193. The molecule has 65 heavy (non-hydrogen) atoms. The molecule has 0 unspecified atom stereocenters. The number of nitrogens with zero attached hydrogens (tertiary/aromatic N) is 3. The summed E-state index contributed by atoms with van der Waals surface area (Å²) in [7, 11) is 6.80. The quantitative estimate of drug-likeness (QED) is 0.0759. The lowest BCUT2D eigenvalue weighted by Crippen LogP contribution is -2.60. The number of hydrogen-bond acceptors (Lipinski definition) is 8. The maximum absolute atomic E-state index is 14.6. The van der Waals surface area contributed by atoms with Crippen LogP contribution in [0.15, 0.2) is 66.7 Å². The number of carboxylic acid groups (broad SMARTS) is 1. The Morgan fingerprint density at radius 1 is 0.846 bits per heavy atom. The second kappa shape index (κ2) is 27.8. The van der Waals surface area contributed by atoms with E-state index < -0.39 is 42.2 Å². The number of ether oxygens (including phenoxy) is 2. The van der Waals surface area contributed by atoms with Crippen LogP contribution in [0.2, 0.25) is 0 Å². The molecule has 0 radical (unpaired) electrons. The van der Waals surface area contributed by atoms with E-state index in [2.05, 4.69) is 10.6 Å². The van der Waals surface area contributed by atoms with Crippen molar-refractivity contribution in [2.45, 2.75) is 149 Å². The Morgan fingerprint density at radius 2 is 1.49 bits per heavy atom. The minimum atomic E-state index is -0.823. The molecule has 362 valence electrons. The van der Waals surface area contributed by atoms with Crippen molar-refractivity contribution in [2.75, 3.05) is 41.4 Å². The van der Waals surface area contributed by atoms with Gasteiger partial charge in [0.2, 0.25) is 23.6 Å². The van der Waals surface area contributed by atoms with Crippen LogP contribution in [-0.2, 0) is 39.9 Å². The molecular weight excluding hydrogens is 823 g/mol. The first-order valence-corrected chi connectivity index (χ1v) is 23.9. The zero-order chi connectivity index (χ0) is 48.2. The predicted octanol–water partition coefficient (Wildman–Crippen LogP) is 7.09. The summed E-state index contributed by atoms with van der Waals surface area (Å²) in [6.45, 7) is 14.9. The summed E-state index contributed by atoms with van der Waals surface area (Å²) >= 11 is 0. The van der Waals surface area contributed by atoms with E-state index in [4.69, 9.17) is 14.6 Å². The largest absolute Gasteiger partial charge is 0.481 e. The molecule has 1 heterocycles. The van der Waals surface area contributed by atoms with Crippen LogP contribution < -0.4 is 10.6 Å². The first-order chi connectivity index (χ1) is 30.9. The molecule has 0 bridgehead atoms. The average molecular weight is 904 g/mol. The van der Waals surface area contributed by atoms with Gasteiger partial charge in [-0.15, -0.1) is 0 Å². The van der Waals surface area contributed by atoms with E-state index in [9.17, 15) is 24.0 Å². The maximum atomic E-state index is 14.6. The van der Waals surface area contributed by atoms with Crippen LogP contribution in [0.3, 0.4) is 0 Å². The fourth-order valence-corrected chi connectivity index (χ4v) is 9.38. The van der Waals surface area contributed by atoms with Crippen molar-refractivity contribution in [3.8, 4) is 0 Å². The van der Waals surface area contributed by atoms with E-state index >= 15 is 0 Å². The molecular formula is C52H81N5O8.